The van der Waals surface area contributed by atoms with Crippen molar-refractivity contribution in [1.82, 2.24) is 4.98 Å². The molecule has 0 unspecified atom stereocenters. The number of nitrogens with one attached hydrogen (secondary N) is 1. The van der Waals surface area contributed by atoms with E-state index in [1.165, 1.54) is 11.3 Å². The van der Waals surface area contributed by atoms with E-state index in [9.17, 15) is 4.79 Å². The van der Waals surface area contributed by atoms with Crippen LogP contribution in [0.15, 0.2) is 29.6 Å². The number of thiazole rings is 1. The van der Waals surface area contributed by atoms with Gasteiger partial charge in [0.1, 0.15) is 10.7 Å². The van der Waals surface area contributed by atoms with Crippen molar-refractivity contribution >= 4 is 22.9 Å². The smallest absolute Gasteiger partial charge is 0.275 e. The number of benzene rings is 1. The van der Waals surface area contributed by atoms with Gasteiger partial charge in [0.2, 0.25) is 0 Å². The standard InChI is InChI=1S/C14H15N3O3S/c15-7-12-17-11(8-21-12)13(18)16-10-3-1-2-9(6-10)14-19-4-5-20-14/h1-3,6,8,14H,4-5,7,15H2,(H,16,18). The highest BCUT2D eigenvalue weighted by atomic mass is 32.1. The predicted octanol–water partition coefficient (Wildman–Crippen LogP) is 1.90. The SMILES string of the molecule is NCc1nc(C(=O)Nc2cccc(C3OCCO3)c2)cs1. The number of anilines is 1. The van der Waals surface area contributed by atoms with Gasteiger partial charge in [0, 0.05) is 23.2 Å². The molecule has 1 aromatic carbocycles. The first-order valence-electron chi connectivity index (χ1n) is 6.55. The lowest BCUT2D eigenvalue weighted by molar-refractivity contribution is -0.0440. The highest BCUT2D eigenvalue weighted by molar-refractivity contribution is 7.09. The van der Waals surface area contributed by atoms with Crippen molar-refractivity contribution in [3.63, 3.8) is 0 Å². The van der Waals surface area contributed by atoms with Crippen LogP contribution in [-0.4, -0.2) is 24.1 Å². The molecule has 3 rings (SSSR count). The number of rotatable bonds is 4. The third-order valence-electron chi connectivity index (χ3n) is 3.00. The van der Waals surface area contributed by atoms with Gasteiger partial charge in [0.15, 0.2) is 6.29 Å². The molecular weight excluding hydrogens is 290 g/mol. The Morgan fingerprint density at radius 1 is 1.43 bits per heavy atom. The van der Waals surface area contributed by atoms with Gasteiger partial charge >= 0.3 is 0 Å². The zero-order chi connectivity index (χ0) is 14.7. The van der Waals surface area contributed by atoms with Crippen LogP contribution in [0.5, 0.6) is 0 Å². The number of nitrogens with two attached hydrogens (primary N) is 1. The summed E-state index contributed by atoms with van der Waals surface area (Å²) in [7, 11) is 0. The molecule has 0 radical (unpaired) electrons. The van der Waals surface area contributed by atoms with Crippen LogP contribution >= 0.6 is 11.3 Å². The number of nitrogens with zero attached hydrogens (tertiary/aromatic N) is 1. The van der Waals surface area contributed by atoms with Gasteiger partial charge in [-0.15, -0.1) is 11.3 Å². The number of carbonyl (C=O) groups excluding carboxylic acids is 1. The third-order valence-corrected chi connectivity index (χ3v) is 3.87. The normalized spacial score (nSPS) is 15.3. The second-order valence-electron chi connectivity index (χ2n) is 4.48. The van der Waals surface area contributed by atoms with Crippen molar-refractivity contribution in [1.29, 1.82) is 0 Å². The molecular formula is C14H15N3O3S. The summed E-state index contributed by atoms with van der Waals surface area (Å²) in [6, 6.07) is 7.40. The fourth-order valence-corrected chi connectivity index (χ4v) is 2.67. The Kier molecular flexibility index (Phi) is 4.26. The monoisotopic (exact) mass is 305 g/mol. The van der Waals surface area contributed by atoms with Crippen LogP contribution in [0.25, 0.3) is 0 Å². The van der Waals surface area contributed by atoms with Gasteiger partial charge in [0.05, 0.1) is 13.2 Å². The highest BCUT2D eigenvalue weighted by Crippen LogP contribution is 2.25. The lowest BCUT2D eigenvalue weighted by atomic mass is 10.2. The minimum Gasteiger partial charge on any atom is -0.346 e. The first-order chi connectivity index (χ1) is 10.3. The molecule has 110 valence electrons. The van der Waals surface area contributed by atoms with Crippen molar-refractivity contribution in [2.75, 3.05) is 18.5 Å². The van der Waals surface area contributed by atoms with Crippen LogP contribution in [0.1, 0.15) is 27.3 Å². The van der Waals surface area contributed by atoms with Crippen molar-refractivity contribution in [2.24, 2.45) is 5.73 Å². The first-order valence-corrected chi connectivity index (χ1v) is 7.43. The highest BCUT2D eigenvalue weighted by Gasteiger charge is 2.19. The molecule has 21 heavy (non-hydrogen) atoms. The molecule has 6 nitrogen and oxygen atoms in total. The van der Waals surface area contributed by atoms with E-state index >= 15 is 0 Å². The van der Waals surface area contributed by atoms with E-state index in [2.05, 4.69) is 10.3 Å². The maximum absolute atomic E-state index is 12.1. The Bertz CT molecular complexity index is 638. The van der Waals surface area contributed by atoms with Gasteiger partial charge in [-0.3, -0.25) is 4.79 Å². The molecule has 1 aliphatic heterocycles. The number of hydrogen-bond donors (Lipinski definition) is 2. The van der Waals surface area contributed by atoms with E-state index < -0.39 is 0 Å². The van der Waals surface area contributed by atoms with Gasteiger partial charge in [0.25, 0.3) is 5.91 Å². The van der Waals surface area contributed by atoms with E-state index in [0.29, 0.717) is 31.1 Å². The minimum absolute atomic E-state index is 0.253. The largest absolute Gasteiger partial charge is 0.346 e. The number of ether oxygens (including phenoxy) is 2. The summed E-state index contributed by atoms with van der Waals surface area (Å²) in [5, 5.41) is 5.25. The van der Waals surface area contributed by atoms with Gasteiger partial charge in [-0.2, -0.15) is 0 Å². The van der Waals surface area contributed by atoms with Crippen molar-refractivity contribution in [2.45, 2.75) is 12.8 Å². The van der Waals surface area contributed by atoms with Gasteiger partial charge < -0.3 is 20.5 Å². The average molecular weight is 305 g/mol. The lowest BCUT2D eigenvalue weighted by Gasteiger charge is -2.11. The minimum atomic E-state index is -0.357. The molecule has 1 fully saturated rings. The predicted molar refractivity (Wildman–Crippen MR) is 79.0 cm³/mol. The molecule has 0 bridgehead atoms. The van der Waals surface area contributed by atoms with Crippen LogP contribution < -0.4 is 11.1 Å². The molecule has 1 aliphatic rings. The van der Waals surface area contributed by atoms with Crippen molar-refractivity contribution in [3.8, 4) is 0 Å². The fourth-order valence-electron chi connectivity index (χ4n) is 2.02. The van der Waals surface area contributed by atoms with Crippen LogP contribution in [0.3, 0.4) is 0 Å². The van der Waals surface area contributed by atoms with Crippen LogP contribution in [0.4, 0.5) is 5.69 Å². The quantitative estimate of drug-likeness (QED) is 0.901. The summed E-state index contributed by atoms with van der Waals surface area (Å²) >= 11 is 1.38. The van der Waals surface area contributed by atoms with E-state index in [4.69, 9.17) is 15.2 Å². The van der Waals surface area contributed by atoms with Crippen molar-refractivity contribution < 1.29 is 14.3 Å². The molecule has 3 N–H and O–H groups in total. The molecule has 0 spiro atoms. The maximum atomic E-state index is 12.1. The Morgan fingerprint density at radius 3 is 2.95 bits per heavy atom. The summed E-state index contributed by atoms with van der Waals surface area (Å²) in [5.41, 5.74) is 7.43. The maximum Gasteiger partial charge on any atom is 0.275 e. The van der Waals surface area contributed by atoms with E-state index in [1.54, 1.807) is 5.38 Å². The summed E-state index contributed by atoms with van der Waals surface area (Å²) in [4.78, 5) is 16.3. The molecule has 0 saturated carbocycles. The second-order valence-corrected chi connectivity index (χ2v) is 5.43. The summed E-state index contributed by atoms with van der Waals surface area (Å²) in [6.07, 6.45) is -0.357. The molecule has 0 atom stereocenters. The van der Waals surface area contributed by atoms with Crippen LogP contribution in [0, 0.1) is 0 Å². The molecule has 1 aromatic heterocycles. The Balaban J connectivity index is 1.72. The zero-order valence-electron chi connectivity index (χ0n) is 11.2. The van der Waals surface area contributed by atoms with Crippen molar-refractivity contribution in [3.05, 3.63) is 45.9 Å². The lowest BCUT2D eigenvalue weighted by Crippen LogP contribution is -2.13. The van der Waals surface area contributed by atoms with E-state index in [1.807, 2.05) is 24.3 Å². The molecule has 0 aliphatic carbocycles. The number of hydrogen-bond acceptors (Lipinski definition) is 6. The fraction of sp³-hybridized carbons (Fsp3) is 0.286. The summed E-state index contributed by atoms with van der Waals surface area (Å²) < 4.78 is 10.9. The molecule has 2 aromatic rings. The molecule has 1 amide bonds. The number of aromatic nitrogens is 1. The first kappa shape index (κ1) is 14.2. The number of amides is 1. The van der Waals surface area contributed by atoms with Gasteiger partial charge in [-0.05, 0) is 12.1 Å². The molecule has 7 heteroatoms. The molecule has 2 heterocycles. The Labute approximate surface area is 125 Å². The molecule has 1 saturated heterocycles. The van der Waals surface area contributed by atoms with E-state index in [-0.39, 0.29) is 12.2 Å². The van der Waals surface area contributed by atoms with Crippen LogP contribution in [0.2, 0.25) is 0 Å². The van der Waals surface area contributed by atoms with Gasteiger partial charge in [-0.25, -0.2) is 4.98 Å². The van der Waals surface area contributed by atoms with Gasteiger partial charge in [-0.1, -0.05) is 12.1 Å². The second kappa shape index (κ2) is 6.31. The van der Waals surface area contributed by atoms with Crippen LogP contribution in [-0.2, 0) is 16.0 Å². The summed E-state index contributed by atoms with van der Waals surface area (Å²) in [6.45, 7) is 1.51. The number of carbonyl (C=O) groups is 1. The Hall–Kier alpha value is -1.80. The average Bonchev–Trinajstić information content (AvgIpc) is 3.19. The van der Waals surface area contributed by atoms with E-state index in [0.717, 1.165) is 10.6 Å². The topological polar surface area (TPSA) is 86.5 Å². The third kappa shape index (κ3) is 3.27. The zero-order valence-corrected chi connectivity index (χ0v) is 12.1. The summed E-state index contributed by atoms with van der Waals surface area (Å²) in [5.74, 6) is -0.253. The Morgan fingerprint density at radius 2 is 2.24 bits per heavy atom.